The van der Waals surface area contributed by atoms with Gasteiger partial charge in [-0.1, -0.05) is 11.2 Å². The Morgan fingerprint density at radius 2 is 2.10 bits per heavy atom. The zero-order chi connectivity index (χ0) is 14.1. The fourth-order valence-electron chi connectivity index (χ4n) is 2.39. The highest BCUT2D eigenvalue weighted by molar-refractivity contribution is 6.17. The summed E-state index contributed by atoms with van der Waals surface area (Å²) in [7, 11) is 0. The lowest BCUT2D eigenvalue weighted by Crippen LogP contribution is -2.06. The molecule has 0 amide bonds. The third-order valence-electron chi connectivity index (χ3n) is 3.30. The van der Waals surface area contributed by atoms with Gasteiger partial charge in [0.1, 0.15) is 17.3 Å². The van der Waals surface area contributed by atoms with E-state index in [1.54, 1.807) is 0 Å². The van der Waals surface area contributed by atoms with Gasteiger partial charge in [0, 0.05) is 18.4 Å². The van der Waals surface area contributed by atoms with Gasteiger partial charge in [-0.05, 0) is 31.5 Å². The zero-order valence-corrected chi connectivity index (χ0v) is 12.3. The van der Waals surface area contributed by atoms with E-state index in [0.717, 1.165) is 34.7 Å². The second-order valence-electron chi connectivity index (χ2n) is 4.97. The number of rotatable bonds is 4. The van der Waals surface area contributed by atoms with E-state index >= 15 is 0 Å². The average molecular weight is 290 g/mol. The molecule has 0 saturated heterocycles. The molecule has 3 aromatic rings. The van der Waals surface area contributed by atoms with E-state index in [1.165, 1.54) is 5.56 Å². The number of hydrogen-bond donors (Lipinski definition) is 0. The Balaban J connectivity index is 2.09. The van der Waals surface area contributed by atoms with E-state index in [-0.39, 0.29) is 0 Å². The van der Waals surface area contributed by atoms with Crippen molar-refractivity contribution in [3.8, 4) is 0 Å². The van der Waals surface area contributed by atoms with E-state index in [0.29, 0.717) is 12.4 Å². The Hall–Kier alpha value is -1.81. The maximum absolute atomic E-state index is 5.89. The molecule has 0 aliphatic heterocycles. The summed E-state index contributed by atoms with van der Waals surface area (Å²) in [4.78, 5) is 4.67. The monoisotopic (exact) mass is 289 g/mol. The van der Waals surface area contributed by atoms with Crippen molar-refractivity contribution in [1.82, 2.24) is 14.7 Å². The van der Waals surface area contributed by atoms with Crippen LogP contribution in [0.2, 0.25) is 0 Å². The molecule has 0 radical (unpaired) electrons. The second kappa shape index (κ2) is 5.29. The number of aryl methyl sites for hydroxylation is 3. The standard InChI is InChI=1S/C15H16ClN3O/c1-10-3-4-13-14(7-10)19(15(17-13)5-6-16)9-12-8-11(2)20-18-12/h3-4,7-8H,5-6,9H2,1-2H3. The van der Waals surface area contributed by atoms with Gasteiger partial charge in [-0.15, -0.1) is 11.6 Å². The maximum Gasteiger partial charge on any atom is 0.133 e. The molecule has 0 bridgehead atoms. The summed E-state index contributed by atoms with van der Waals surface area (Å²) in [6.07, 6.45) is 0.742. The van der Waals surface area contributed by atoms with Crippen molar-refractivity contribution in [3.63, 3.8) is 0 Å². The fraction of sp³-hybridized carbons (Fsp3) is 0.333. The Labute approximate surface area is 122 Å². The van der Waals surface area contributed by atoms with Crippen molar-refractivity contribution in [2.45, 2.75) is 26.8 Å². The van der Waals surface area contributed by atoms with Crippen LogP contribution in [0.4, 0.5) is 0 Å². The zero-order valence-electron chi connectivity index (χ0n) is 11.6. The number of alkyl halides is 1. The first-order chi connectivity index (χ1) is 9.67. The van der Waals surface area contributed by atoms with Crippen LogP contribution >= 0.6 is 11.6 Å². The topological polar surface area (TPSA) is 43.9 Å². The summed E-state index contributed by atoms with van der Waals surface area (Å²) >= 11 is 5.89. The van der Waals surface area contributed by atoms with Crippen molar-refractivity contribution in [3.05, 3.63) is 47.1 Å². The normalized spacial score (nSPS) is 11.3. The number of benzene rings is 1. The van der Waals surface area contributed by atoms with Gasteiger partial charge in [-0.2, -0.15) is 0 Å². The molecule has 5 heteroatoms. The lowest BCUT2D eigenvalue weighted by Gasteiger charge is -2.06. The smallest absolute Gasteiger partial charge is 0.133 e. The first-order valence-corrected chi connectivity index (χ1v) is 7.15. The highest BCUT2D eigenvalue weighted by atomic mass is 35.5. The van der Waals surface area contributed by atoms with Gasteiger partial charge >= 0.3 is 0 Å². The Kier molecular flexibility index (Phi) is 3.49. The molecule has 0 aliphatic carbocycles. The molecule has 104 valence electrons. The predicted octanol–water partition coefficient (Wildman–Crippen LogP) is 3.47. The Morgan fingerprint density at radius 1 is 1.25 bits per heavy atom. The van der Waals surface area contributed by atoms with Crippen molar-refractivity contribution in [2.24, 2.45) is 0 Å². The molecule has 2 heterocycles. The van der Waals surface area contributed by atoms with E-state index in [2.05, 4.69) is 33.8 Å². The van der Waals surface area contributed by atoms with Crippen molar-refractivity contribution >= 4 is 22.6 Å². The number of nitrogens with zero attached hydrogens (tertiary/aromatic N) is 3. The molecule has 4 nitrogen and oxygen atoms in total. The molecular formula is C15H16ClN3O. The molecule has 3 rings (SSSR count). The summed E-state index contributed by atoms with van der Waals surface area (Å²) in [6, 6.07) is 8.22. The van der Waals surface area contributed by atoms with Crippen LogP contribution in [0.1, 0.15) is 22.8 Å². The lowest BCUT2D eigenvalue weighted by atomic mass is 10.2. The summed E-state index contributed by atoms with van der Waals surface area (Å²) < 4.78 is 7.31. The van der Waals surface area contributed by atoms with E-state index in [1.807, 2.05) is 19.1 Å². The van der Waals surface area contributed by atoms with Crippen LogP contribution in [0.25, 0.3) is 11.0 Å². The van der Waals surface area contributed by atoms with Gasteiger partial charge < -0.3 is 9.09 Å². The minimum absolute atomic E-state index is 0.556. The van der Waals surface area contributed by atoms with Gasteiger partial charge in [0.2, 0.25) is 0 Å². The third-order valence-corrected chi connectivity index (χ3v) is 3.49. The molecule has 1 aromatic carbocycles. The molecule has 0 unspecified atom stereocenters. The fourth-order valence-corrected chi connectivity index (χ4v) is 2.56. The third kappa shape index (κ3) is 2.43. The average Bonchev–Trinajstić information content (AvgIpc) is 2.96. The van der Waals surface area contributed by atoms with Crippen LogP contribution in [0, 0.1) is 13.8 Å². The predicted molar refractivity (Wildman–Crippen MR) is 79.2 cm³/mol. The molecule has 2 aromatic heterocycles. The second-order valence-corrected chi connectivity index (χ2v) is 5.35. The lowest BCUT2D eigenvalue weighted by molar-refractivity contribution is 0.389. The molecule has 0 aliphatic rings. The minimum atomic E-state index is 0.556. The van der Waals surface area contributed by atoms with E-state index < -0.39 is 0 Å². The SMILES string of the molecule is Cc1ccc2nc(CCCl)n(Cc3cc(C)on3)c2c1. The summed E-state index contributed by atoms with van der Waals surface area (Å²) in [5.74, 6) is 2.36. The van der Waals surface area contributed by atoms with Gasteiger partial charge in [0.05, 0.1) is 17.6 Å². The first-order valence-electron chi connectivity index (χ1n) is 6.61. The maximum atomic E-state index is 5.89. The molecule has 0 spiro atoms. The number of hydrogen-bond acceptors (Lipinski definition) is 3. The number of halogens is 1. The quantitative estimate of drug-likeness (QED) is 0.691. The Morgan fingerprint density at radius 3 is 2.80 bits per heavy atom. The van der Waals surface area contributed by atoms with Gasteiger partial charge in [-0.3, -0.25) is 0 Å². The van der Waals surface area contributed by atoms with Crippen LogP contribution in [-0.2, 0) is 13.0 Å². The van der Waals surface area contributed by atoms with Crippen LogP contribution in [-0.4, -0.2) is 20.6 Å². The number of aromatic nitrogens is 3. The van der Waals surface area contributed by atoms with E-state index in [4.69, 9.17) is 16.1 Å². The van der Waals surface area contributed by atoms with Crippen molar-refractivity contribution in [1.29, 1.82) is 0 Å². The highest BCUT2D eigenvalue weighted by Gasteiger charge is 2.12. The molecular weight excluding hydrogens is 274 g/mol. The first kappa shape index (κ1) is 13.2. The van der Waals surface area contributed by atoms with Gasteiger partial charge in [0.15, 0.2) is 0 Å². The van der Waals surface area contributed by atoms with Gasteiger partial charge in [0.25, 0.3) is 0 Å². The van der Waals surface area contributed by atoms with E-state index in [9.17, 15) is 0 Å². The molecule has 0 fully saturated rings. The molecule has 0 atom stereocenters. The van der Waals surface area contributed by atoms with Gasteiger partial charge in [-0.25, -0.2) is 4.98 Å². The van der Waals surface area contributed by atoms with Crippen LogP contribution in [0.15, 0.2) is 28.8 Å². The largest absolute Gasteiger partial charge is 0.361 e. The van der Waals surface area contributed by atoms with Crippen molar-refractivity contribution in [2.75, 3.05) is 5.88 Å². The number of fused-ring (bicyclic) bond motifs is 1. The van der Waals surface area contributed by atoms with Crippen LogP contribution in [0.5, 0.6) is 0 Å². The molecule has 0 saturated carbocycles. The Bertz CT molecular complexity index is 745. The summed E-state index contributed by atoms with van der Waals surface area (Å²) in [6.45, 7) is 4.63. The molecule has 0 N–H and O–H groups in total. The molecule has 20 heavy (non-hydrogen) atoms. The highest BCUT2D eigenvalue weighted by Crippen LogP contribution is 2.20. The van der Waals surface area contributed by atoms with Crippen LogP contribution < -0.4 is 0 Å². The van der Waals surface area contributed by atoms with Crippen molar-refractivity contribution < 1.29 is 4.52 Å². The summed E-state index contributed by atoms with van der Waals surface area (Å²) in [5.41, 5.74) is 4.23. The van der Waals surface area contributed by atoms with Crippen LogP contribution in [0.3, 0.4) is 0 Å². The summed E-state index contributed by atoms with van der Waals surface area (Å²) in [5, 5.41) is 4.06. The minimum Gasteiger partial charge on any atom is -0.361 e. The number of imidazole rings is 1.